The lowest BCUT2D eigenvalue weighted by Crippen LogP contribution is -2.47. The molecule has 4 rings (SSSR count). The van der Waals surface area contributed by atoms with Crippen LogP contribution in [0, 0.1) is 6.92 Å². The summed E-state index contributed by atoms with van der Waals surface area (Å²) in [5.41, 5.74) is 1.94. The molecule has 0 fully saturated rings. The average molecular weight is 616 g/mol. The van der Waals surface area contributed by atoms with Gasteiger partial charge in [0, 0.05) is 48.7 Å². The Balaban J connectivity index is 1.41. The maximum absolute atomic E-state index is 13.1. The van der Waals surface area contributed by atoms with Crippen LogP contribution < -0.4 is 20.7 Å². The van der Waals surface area contributed by atoms with E-state index in [1.807, 2.05) is 0 Å². The average Bonchev–Trinajstić information content (AvgIpc) is 3.64. The summed E-state index contributed by atoms with van der Waals surface area (Å²) in [4.78, 5) is 57.9. The Morgan fingerprint density at radius 2 is 1.80 bits per heavy atom. The molecule has 4 N–H and O–H groups in total. The number of furan rings is 1. The van der Waals surface area contributed by atoms with Crippen molar-refractivity contribution < 1.29 is 33.1 Å². The Morgan fingerprint density at radius 3 is 2.51 bits per heavy atom. The van der Waals surface area contributed by atoms with Gasteiger partial charge in [-0.3, -0.25) is 24.2 Å². The summed E-state index contributed by atoms with van der Waals surface area (Å²) in [7, 11) is 0. The number of pyridine rings is 1. The monoisotopic (exact) mass is 615 g/mol. The van der Waals surface area contributed by atoms with Crippen molar-refractivity contribution in [3.63, 3.8) is 0 Å². The zero-order valence-electron chi connectivity index (χ0n) is 25.9. The number of hydrogen-bond donors (Lipinski definition) is 4. The number of aromatic nitrogens is 2. The fourth-order valence-corrected chi connectivity index (χ4v) is 4.32. The van der Waals surface area contributed by atoms with Crippen LogP contribution in [0.4, 0.5) is 5.69 Å². The molecule has 1 aromatic carbocycles. The first-order valence-corrected chi connectivity index (χ1v) is 14.5. The molecule has 0 radical (unpaired) electrons. The maximum atomic E-state index is 13.1. The minimum Gasteiger partial charge on any atom is -0.460 e. The van der Waals surface area contributed by atoms with E-state index in [9.17, 15) is 19.2 Å². The van der Waals surface area contributed by atoms with Crippen LogP contribution in [-0.4, -0.2) is 51.8 Å². The zero-order valence-corrected chi connectivity index (χ0v) is 25.9. The van der Waals surface area contributed by atoms with Crippen LogP contribution >= 0.6 is 0 Å². The third-order valence-corrected chi connectivity index (χ3v) is 6.38. The van der Waals surface area contributed by atoms with Gasteiger partial charge in [-0.05, 0) is 71.4 Å². The molecule has 3 heterocycles. The molecule has 3 aromatic heterocycles. The zero-order chi connectivity index (χ0) is 32.6. The molecule has 236 valence electrons. The molecule has 0 aliphatic carbocycles. The van der Waals surface area contributed by atoms with E-state index in [1.54, 1.807) is 89.3 Å². The van der Waals surface area contributed by atoms with Crippen LogP contribution in [0.3, 0.4) is 0 Å². The molecule has 12 heteroatoms. The third kappa shape index (κ3) is 9.30. The summed E-state index contributed by atoms with van der Waals surface area (Å²) in [6.45, 7) is 9.22. The number of ether oxygens (including phenoxy) is 2. The SMILES string of the molecule is CCNC(=O)C(CCC(=O)OC(C)(C)C)NC(=O)c1c[nH]c(-c2cc(Oc3cccc(NC(=O)c4occc4C)c3)ccn2)c1. The van der Waals surface area contributed by atoms with E-state index in [2.05, 4.69) is 25.9 Å². The number of anilines is 1. The summed E-state index contributed by atoms with van der Waals surface area (Å²) in [6.07, 6.45) is 4.58. The molecule has 0 saturated heterocycles. The molecule has 0 bridgehead atoms. The van der Waals surface area contributed by atoms with Gasteiger partial charge in [0.15, 0.2) is 5.76 Å². The van der Waals surface area contributed by atoms with Gasteiger partial charge >= 0.3 is 5.97 Å². The predicted molar refractivity (Wildman–Crippen MR) is 167 cm³/mol. The van der Waals surface area contributed by atoms with E-state index in [-0.39, 0.29) is 30.1 Å². The van der Waals surface area contributed by atoms with E-state index in [0.717, 1.165) is 5.56 Å². The van der Waals surface area contributed by atoms with Crippen LogP contribution in [-0.2, 0) is 14.3 Å². The highest BCUT2D eigenvalue weighted by Crippen LogP contribution is 2.28. The number of rotatable bonds is 12. The largest absolute Gasteiger partial charge is 0.460 e. The lowest BCUT2D eigenvalue weighted by molar-refractivity contribution is -0.155. The topological polar surface area (TPSA) is 165 Å². The molecule has 0 aliphatic heterocycles. The molecule has 4 aromatic rings. The smallest absolute Gasteiger partial charge is 0.306 e. The second kappa shape index (κ2) is 14.4. The Labute approximate surface area is 260 Å². The molecule has 3 amide bonds. The number of nitrogens with zero attached hydrogens (tertiary/aromatic N) is 1. The molecule has 1 unspecified atom stereocenters. The Bertz CT molecular complexity index is 1670. The number of carbonyl (C=O) groups excluding carboxylic acids is 4. The Morgan fingerprint density at radius 1 is 1.02 bits per heavy atom. The highest BCUT2D eigenvalue weighted by Gasteiger charge is 2.24. The van der Waals surface area contributed by atoms with Crippen molar-refractivity contribution in [2.24, 2.45) is 0 Å². The Hall–Kier alpha value is -5.39. The normalized spacial score (nSPS) is 11.8. The number of hydrogen-bond acceptors (Lipinski definition) is 8. The molecule has 0 spiro atoms. The van der Waals surface area contributed by atoms with Gasteiger partial charge < -0.3 is 34.8 Å². The number of amides is 3. The summed E-state index contributed by atoms with van der Waals surface area (Å²) in [5.74, 6) is -0.513. The standard InChI is InChI=1S/C33H37N5O7/c1-6-34-31(41)25(10-11-28(39)45-33(3,4)5)38-30(40)21-16-26(36-19-21)27-18-24(12-14-35-27)44-23-9-7-8-22(17-23)37-32(42)29-20(2)13-15-43-29/h7-9,12-19,25,36H,6,10-11H2,1-5H3,(H,34,41)(H,37,42)(H,38,40). The maximum Gasteiger partial charge on any atom is 0.306 e. The fraction of sp³-hybridized carbons (Fsp3) is 0.303. The van der Waals surface area contributed by atoms with E-state index >= 15 is 0 Å². The second-order valence-corrected chi connectivity index (χ2v) is 11.2. The number of esters is 1. The van der Waals surface area contributed by atoms with Crippen molar-refractivity contribution in [2.75, 3.05) is 11.9 Å². The van der Waals surface area contributed by atoms with Gasteiger partial charge in [0.25, 0.3) is 11.8 Å². The lowest BCUT2D eigenvalue weighted by Gasteiger charge is -2.21. The summed E-state index contributed by atoms with van der Waals surface area (Å²) < 4.78 is 16.6. The number of likely N-dealkylation sites (N-methyl/N-ethyl adjacent to an activating group) is 1. The van der Waals surface area contributed by atoms with Crippen molar-refractivity contribution >= 4 is 29.4 Å². The van der Waals surface area contributed by atoms with Crippen LogP contribution in [0.2, 0.25) is 0 Å². The summed E-state index contributed by atoms with van der Waals surface area (Å²) in [6, 6.07) is 12.7. The van der Waals surface area contributed by atoms with Crippen LogP contribution in [0.25, 0.3) is 11.4 Å². The van der Waals surface area contributed by atoms with E-state index < -0.39 is 29.4 Å². The van der Waals surface area contributed by atoms with E-state index in [4.69, 9.17) is 13.9 Å². The van der Waals surface area contributed by atoms with E-state index in [0.29, 0.717) is 35.1 Å². The van der Waals surface area contributed by atoms with Crippen LogP contribution in [0.1, 0.15) is 67.0 Å². The summed E-state index contributed by atoms with van der Waals surface area (Å²) in [5, 5.41) is 8.20. The molecule has 0 saturated carbocycles. The van der Waals surface area contributed by atoms with Crippen LogP contribution in [0.15, 0.2) is 71.6 Å². The number of aromatic amines is 1. The molecule has 0 aliphatic rings. The number of carbonyl (C=O) groups is 4. The molecular weight excluding hydrogens is 578 g/mol. The lowest BCUT2D eigenvalue weighted by atomic mass is 10.1. The van der Waals surface area contributed by atoms with Gasteiger partial charge in [-0.1, -0.05) is 6.07 Å². The van der Waals surface area contributed by atoms with Crippen molar-refractivity contribution in [3.05, 3.63) is 84.1 Å². The van der Waals surface area contributed by atoms with Gasteiger partial charge in [0.1, 0.15) is 23.1 Å². The summed E-state index contributed by atoms with van der Waals surface area (Å²) >= 11 is 0. The first-order chi connectivity index (χ1) is 21.4. The first kappa shape index (κ1) is 32.5. The van der Waals surface area contributed by atoms with E-state index in [1.165, 1.54) is 12.5 Å². The molecule has 12 nitrogen and oxygen atoms in total. The molecule has 1 atom stereocenters. The van der Waals surface area contributed by atoms with Gasteiger partial charge in [0.05, 0.1) is 23.2 Å². The predicted octanol–water partition coefficient (Wildman–Crippen LogP) is 5.38. The van der Waals surface area contributed by atoms with Gasteiger partial charge in [0.2, 0.25) is 5.91 Å². The highest BCUT2D eigenvalue weighted by atomic mass is 16.6. The van der Waals surface area contributed by atoms with Crippen molar-refractivity contribution in [1.82, 2.24) is 20.6 Å². The van der Waals surface area contributed by atoms with Crippen LogP contribution in [0.5, 0.6) is 11.5 Å². The Kier molecular flexibility index (Phi) is 10.4. The third-order valence-electron chi connectivity index (χ3n) is 6.38. The number of H-pyrrole nitrogens is 1. The fourth-order valence-electron chi connectivity index (χ4n) is 4.32. The highest BCUT2D eigenvalue weighted by molar-refractivity contribution is 6.03. The molecular formula is C33H37N5O7. The molecule has 45 heavy (non-hydrogen) atoms. The minimum absolute atomic E-state index is 0.0343. The second-order valence-electron chi connectivity index (χ2n) is 11.2. The van der Waals surface area contributed by atoms with Gasteiger partial charge in [-0.15, -0.1) is 0 Å². The number of nitrogens with one attached hydrogen (secondary N) is 4. The van der Waals surface area contributed by atoms with Crippen molar-refractivity contribution in [2.45, 2.75) is 59.1 Å². The van der Waals surface area contributed by atoms with Crippen molar-refractivity contribution in [1.29, 1.82) is 0 Å². The first-order valence-electron chi connectivity index (χ1n) is 14.5. The number of benzene rings is 1. The van der Waals surface area contributed by atoms with Crippen molar-refractivity contribution in [3.8, 4) is 22.9 Å². The van der Waals surface area contributed by atoms with Gasteiger partial charge in [-0.2, -0.15) is 0 Å². The number of aryl methyl sites for hydroxylation is 1. The van der Waals surface area contributed by atoms with Gasteiger partial charge in [-0.25, -0.2) is 0 Å². The minimum atomic E-state index is -0.929. The quantitative estimate of drug-likeness (QED) is 0.154.